The maximum absolute atomic E-state index is 7.13. The van der Waals surface area contributed by atoms with Gasteiger partial charge in [0.2, 0.25) is 0 Å². The number of hydrogen-bond acceptors (Lipinski definition) is 3. The van der Waals surface area contributed by atoms with E-state index in [0.29, 0.717) is 10.7 Å². The van der Waals surface area contributed by atoms with Crippen molar-refractivity contribution >= 4 is 21.8 Å². The lowest BCUT2D eigenvalue weighted by Crippen LogP contribution is -1.82. The first kappa shape index (κ1) is 5.56. The van der Waals surface area contributed by atoms with Crippen LogP contribution in [0.1, 0.15) is 6.92 Å². The van der Waals surface area contributed by atoms with E-state index < -0.39 is 0 Å². The predicted octanol–water partition coefficient (Wildman–Crippen LogP) is 1.64. The van der Waals surface area contributed by atoms with E-state index in [1.807, 2.05) is 6.92 Å². The highest BCUT2D eigenvalue weighted by atomic mass is 32.2. The van der Waals surface area contributed by atoms with E-state index in [2.05, 4.69) is 11.6 Å². The third kappa shape index (κ3) is 0.816. The quantitative estimate of drug-likeness (QED) is 0.526. The van der Waals surface area contributed by atoms with Gasteiger partial charge in [0.05, 0.1) is 10.7 Å². The molecule has 1 aliphatic heterocycles. The smallest absolute Gasteiger partial charge is 0.118 e. The number of rotatable bonds is 0. The highest BCUT2D eigenvalue weighted by Gasteiger charge is 2.11. The largest absolute Gasteiger partial charge is 0.292 e. The molecule has 0 aromatic heterocycles. The van der Waals surface area contributed by atoms with Crippen molar-refractivity contribution in [1.82, 2.24) is 0 Å². The molecule has 8 heavy (non-hydrogen) atoms. The van der Waals surface area contributed by atoms with Gasteiger partial charge in [0.1, 0.15) is 5.04 Å². The van der Waals surface area contributed by atoms with E-state index in [-0.39, 0.29) is 0 Å². The standard InChI is InChI=1S/C5H6N2S/c1-3-5(6)8-4(2)7-3/h6H,1H2,2H3. The summed E-state index contributed by atoms with van der Waals surface area (Å²) in [6.45, 7) is 5.43. The van der Waals surface area contributed by atoms with Crippen molar-refractivity contribution in [2.45, 2.75) is 6.92 Å². The maximum Gasteiger partial charge on any atom is 0.118 e. The summed E-state index contributed by atoms with van der Waals surface area (Å²) in [5, 5.41) is 8.53. The monoisotopic (exact) mass is 126 g/mol. The molecule has 0 saturated carbocycles. The van der Waals surface area contributed by atoms with E-state index in [4.69, 9.17) is 5.41 Å². The molecule has 0 aliphatic carbocycles. The third-order valence-corrected chi connectivity index (χ3v) is 1.63. The first-order valence-corrected chi connectivity index (χ1v) is 3.03. The van der Waals surface area contributed by atoms with Crippen LogP contribution in [0.5, 0.6) is 0 Å². The molecule has 0 aromatic carbocycles. The Morgan fingerprint density at radius 1 is 1.75 bits per heavy atom. The molecule has 0 bridgehead atoms. The van der Waals surface area contributed by atoms with Crippen molar-refractivity contribution in [3.63, 3.8) is 0 Å². The van der Waals surface area contributed by atoms with Crippen LogP contribution in [0.4, 0.5) is 0 Å². The van der Waals surface area contributed by atoms with Crippen LogP contribution >= 0.6 is 11.8 Å². The van der Waals surface area contributed by atoms with E-state index in [1.165, 1.54) is 11.8 Å². The van der Waals surface area contributed by atoms with Crippen molar-refractivity contribution in [3.05, 3.63) is 12.3 Å². The summed E-state index contributed by atoms with van der Waals surface area (Å²) in [6, 6.07) is 0. The Hall–Kier alpha value is -0.570. The van der Waals surface area contributed by atoms with Gasteiger partial charge in [-0.15, -0.1) is 0 Å². The summed E-state index contributed by atoms with van der Waals surface area (Å²) in [5.74, 6) is 0. The molecule has 0 unspecified atom stereocenters. The fourth-order valence-electron chi connectivity index (χ4n) is 0.470. The van der Waals surface area contributed by atoms with Crippen molar-refractivity contribution < 1.29 is 0 Å². The number of nitrogens with one attached hydrogen (secondary N) is 1. The van der Waals surface area contributed by atoms with E-state index in [1.54, 1.807) is 0 Å². The predicted molar refractivity (Wildman–Crippen MR) is 37.6 cm³/mol. The maximum atomic E-state index is 7.13. The van der Waals surface area contributed by atoms with Gasteiger partial charge in [-0.05, 0) is 6.92 Å². The van der Waals surface area contributed by atoms with Crippen LogP contribution in [0.3, 0.4) is 0 Å². The summed E-state index contributed by atoms with van der Waals surface area (Å²) in [6.07, 6.45) is 0. The Kier molecular flexibility index (Phi) is 1.21. The van der Waals surface area contributed by atoms with Gasteiger partial charge in [-0.25, -0.2) is 4.99 Å². The first-order valence-electron chi connectivity index (χ1n) is 2.21. The second kappa shape index (κ2) is 1.74. The second-order valence-electron chi connectivity index (χ2n) is 1.51. The van der Waals surface area contributed by atoms with Crippen LogP contribution in [0.25, 0.3) is 0 Å². The van der Waals surface area contributed by atoms with Crippen LogP contribution in [-0.4, -0.2) is 10.1 Å². The Bertz CT molecular complexity index is 181. The second-order valence-corrected chi connectivity index (χ2v) is 2.71. The fourth-order valence-corrected chi connectivity index (χ4v) is 1.08. The topological polar surface area (TPSA) is 36.2 Å². The van der Waals surface area contributed by atoms with Crippen LogP contribution in [-0.2, 0) is 0 Å². The van der Waals surface area contributed by atoms with Gasteiger partial charge in [-0.3, -0.25) is 5.41 Å². The molecular formula is C5H6N2S. The Balaban J connectivity index is 2.85. The number of hydrogen-bond donors (Lipinski definition) is 1. The molecule has 3 heteroatoms. The molecule has 0 atom stereocenters. The summed E-state index contributed by atoms with van der Waals surface area (Å²) >= 11 is 1.36. The minimum atomic E-state index is 0.475. The fraction of sp³-hybridized carbons (Fsp3) is 0.200. The summed E-state index contributed by atoms with van der Waals surface area (Å²) in [4.78, 5) is 3.93. The molecule has 0 spiro atoms. The Morgan fingerprint density at radius 2 is 2.38 bits per heavy atom. The molecule has 42 valence electrons. The van der Waals surface area contributed by atoms with Crippen molar-refractivity contribution in [1.29, 1.82) is 5.41 Å². The van der Waals surface area contributed by atoms with Gasteiger partial charge in [0.15, 0.2) is 0 Å². The van der Waals surface area contributed by atoms with Gasteiger partial charge in [-0.2, -0.15) is 0 Å². The lowest BCUT2D eigenvalue weighted by molar-refractivity contribution is 1.46. The van der Waals surface area contributed by atoms with Crippen LogP contribution < -0.4 is 0 Å². The number of aliphatic imine (C=N–C) groups is 1. The molecule has 0 radical (unpaired) electrons. The van der Waals surface area contributed by atoms with Crippen LogP contribution in [0.2, 0.25) is 0 Å². The molecule has 0 amide bonds. The zero-order chi connectivity index (χ0) is 6.15. The molecule has 1 aliphatic rings. The highest BCUT2D eigenvalue weighted by Crippen LogP contribution is 2.20. The zero-order valence-corrected chi connectivity index (χ0v) is 5.38. The van der Waals surface area contributed by atoms with Crippen molar-refractivity contribution in [3.8, 4) is 0 Å². The minimum absolute atomic E-state index is 0.475. The van der Waals surface area contributed by atoms with Crippen molar-refractivity contribution in [2.75, 3.05) is 0 Å². The Labute approximate surface area is 52.2 Å². The van der Waals surface area contributed by atoms with Crippen LogP contribution in [0.15, 0.2) is 17.3 Å². The van der Waals surface area contributed by atoms with E-state index >= 15 is 0 Å². The highest BCUT2D eigenvalue weighted by molar-refractivity contribution is 8.27. The van der Waals surface area contributed by atoms with Crippen LogP contribution in [0, 0.1) is 5.41 Å². The molecular weight excluding hydrogens is 120 g/mol. The third-order valence-electron chi connectivity index (χ3n) is 0.804. The summed E-state index contributed by atoms with van der Waals surface area (Å²) in [5.41, 5.74) is 0.590. The molecule has 2 nitrogen and oxygen atoms in total. The zero-order valence-electron chi connectivity index (χ0n) is 4.56. The van der Waals surface area contributed by atoms with Gasteiger partial charge >= 0.3 is 0 Å². The normalized spacial score (nSPS) is 19.4. The molecule has 1 heterocycles. The SMILES string of the molecule is C=C1N=C(C)SC1=N. The van der Waals surface area contributed by atoms with Crippen molar-refractivity contribution in [2.24, 2.45) is 4.99 Å². The summed E-state index contributed by atoms with van der Waals surface area (Å²) in [7, 11) is 0. The lowest BCUT2D eigenvalue weighted by Gasteiger charge is -1.82. The lowest BCUT2D eigenvalue weighted by atomic mass is 10.5. The Morgan fingerprint density at radius 3 is 2.50 bits per heavy atom. The average molecular weight is 126 g/mol. The molecule has 1 rings (SSSR count). The molecule has 0 fully saturated rings. The number of thioether (sulfide) groups is 1. The van der Waals surface area contributed by atoms with E-state index in [9.17, 15) is 0 Å². The van der Waals surface area contributed by atoms with Gasteiger partial charge in [-0.1, -0.05) is 18.3 Å². The van der Waals surface area contributed by atoms with Gasteiger partial charge in [0, 0.05) is 0 Å². The van der Waals surface area contributed by atoms with Gasteiger partial charge < -0.3 is 0 Å². The molecule has 0 aromatic rings. The summed E-state index contributed by atoms with van der Waals surface area (Å²) < 4.78 is 0. The minimum Gasteiger partial charge on any atom is -0.292 e. The molecule has 1 N–H and O–H groups in total. The average Bonchev–Trinajstić information content (AvgIpc) is 1.85. The molecule has 0 saturated heterocycles. The number of nitrogens with zero attached hydrogens (tertiary/aromatic N) is 1. The van der Waals surface area contributed by atoms with E-state index in [0.717, 1.165) is 5.04 Å². The first-order chi connectivity index (χ1) is 3.70. The van der Waals surface area contributed by atoms with Gasteiger partial charge in [0.25, 0.3) is 0 Å².